The minimum Gasteiger partial charge on any atom is -0.343 e. The molecule has 0 aliphatic carbocycles. The van der Waals surface area contributed by atoms with E-state index >= 15 is 0 Å². The third kappa shape index (κ3) is 2.84. The number of rotatable bonds is 2. The molecule has 2 rings (SSSR count). The van der Waals surface area contributed by atoms with Gasteiger partial charge in [-0.15, -0.1) is 12.4 Å². The Hall–Kier alpha value is -0.770. The minimum atomic E-state index is -0.313. The Kier molecular flexibility index (Phi) is 4.39. The first-order valence-electron chi connectivity index (χ1n) is 4.03. The summed E-state index contributed by atoms with van der Waals surface area (Å²) < 4.78 is 0. The molecule has 1 aromatic rings. The monoisotopic (exact) mass is 263 g/mol. The fraction of sp³-hybridized carbons (Fsp3) is 0.111. The molecule has 0 saturated heterocycles. The van der Waals surface area contributed by atoms with Gasteiger partial charge in [-0.1, -0.05) is 29.3 Å². The van der Waals surface area contributed by atoms with Crippen LogP contribution in [-0.4, -0.2) is 18.7 Å². The van der Waals surface area contributed by atoms with E-state index in [9.17, 15) is 0 Å². The Morgan fingerprint density at radius 1 is 1.07 bits per heavy atom. The van der Waals surface area contributed by atoms with E-state index in [2.05, 4.69) is 15.3 Å². The van der Waals surface area contributed by atoms with E-state index < -0.39 is 0 Å². The smallest absolute Gasteiger partial charge is 0.214 e. The summed E-state index contributed by atoms with van der Waals surface area (Å²) in [6.07, 6.45) is 2.94. The fourth-order valence-electron chi connectivity index (χ4n) is 1.12. The summed E-state index contributed by atoms with van der Waals surface area (Å²) in [5.41, 5.74) is 0.664. The molecule has 0 spiro atoms. The summed E-state index contributed by atoms with van der Waals surface area (Å²) in [6, 6.07) is 5.31. The van der Waals surface area contributed by atoms with Gasteiger partial charge in [0.15, 0.2) is 0 Å². The van der Waals surface area contributed by atoms with Crippen molar-refractivity contribution >= 4 is 53.7 Å². The van der Waals surface area contributed by atoms with Gasteiger partial charge in [-0.25, -0.2) is 9.98 Å². The van der Waals surface area contributed by atoms with Crippen LogP contribution in [0.3, 0.4) is 0 Å². The molecule has 3 nitrogen and oxygen atoms in total. The number of para-hydroxylation sites is 1. The van der Waals surface area contributed by atoms with Crippen LogP contribution in [0.25, 0.3) is 0 Å². The number of nitrogens with one attached hydrogen (secondary N) is 1. The predicted octanol–water partition coefficient (Wildman–Crippen LogP) is 3.27. The Balaban J connectivity index is 0.00000112. The lowest BCUT2D eigenvalue weighted by Crippen LogP contribution is -2.12. The van der Waals surface area contributed by atoms with Crippen molar-refractivity contribution in [3.8, 4) is 0 Å². The lowest BCUT2D eigenvalue weighted by atomic mass is 10.3. The molecule has 15 heavy (non-hydrogen) atoms. The highest BCUT2D eigenvalue weighted by Crippen LogP contribution is 2.30. The third-order valence-corrected chi connectivity index (χ3v) is 2.39. The summed E-state index contributed by atoms with van der Waals surface area (Å²) in [6.45, 7) is 0. The zero-order valence-electron chi connectivity index (χ0n) is 7.52. The van der Waals surface area contributed by atoms with E-state index in [0.717, 1.165) is 0 Å². The second-order valence-electron chi connectivity index (χ2n) is 2.71. The van der Waals surface area contributed by atoms with Crippen LogP contribution < -0.4 is 5.32 Å². The van der Waals surface area contributed by atoms with Crippen molar-refractivity contribution in [1.82, 2.24) is 0 Å². The normalized spacial score (nSPS) is 14.0. The van der Waals surface area contributed by atoms with Crippen LogP contribution in [0, 0.1) is 0 Å². The molecule has 0 unspecified atom stereocenters. The van der Waals surface area contributed by atoms with E-state index in [1.54, 1.807) is 30.6 Å². The van der Waals surface area contributed by atoms with Crippen LogP contribution in [-0.2, 0) is 0 Å². The van der Waals surface area contributed by atoms with Crippen molar-refractivity contribution in [2.45, 2.75) is 6.29 Å². The number of aliphatic imine (C=N–C) groups is 2. The van der Waals surface area contributed by atoms with Gasteiger partial charge in [0.2, 0.25) is 6.29 Å². The SMILES string of the molecule is Cl.Clc1cccc(Cl)c1NC1N=CC=N1. The second kappa shape index (κ2) is 5.35. The van der Waals surface area contributed by atoms with Gasteiger partial charge in [-0.2, -0.15) is 0 Å². The lowest BCUT2D eigenvalue weighted by molar-refractivity contribution is 0.836. The van der Waals surface area contributed by atoms with E-state index in [4.69, 9.17) is 23.2 Å². The first kappa shape index (κ1) is 12.3. The summed E-state index contributed by atoms with van der Waals surface area (Å²) in [7, 11) is 0. The zero-order valence-corrected chi connectivity index (χ0v) is 9.85. The summed E-state index contributed by atoms with van der Waals surface area (Å²) >= 11 is 11.9. The number of hydrogen-bond acceptors (Lipinski definition) is 3. The van der Waals surface area contributed by atoms with Crippen molar-refractivity contribution in [2.75, 3.05) is 5.32 Å². The molecular weight excluding hydrogens is 256 g/mol. The second-order valence-corrected chi connectivity index (χ2v) is 3.53. The maximum Gasteiger partial charge on any atom is 0.214 e. The Labute approximate surface area is 104 Å². The van der Waals surface area contributed by atoms with Gasteiger partial charge in [-0.05, 0) is 12.1 Å². The number of halogens is 3. The molecule has 6 heteroatoms. The fourth-order valence-corrected chi connectivity index (χ4v) is 1.62. The molecule has 80 valence electrons. The average molecular weight is 265 g/mol. The van der Waals surface area contributed by atoms with Crippen molar-refractivity contribution in [1.29, 1.82) is 0 Å². The van der Waals surface area contributed by atoms with Crippen LogP contribution in [0.5, 0.6) is 0 Å². The zero-order chi connectivity index (χ0) is 9.97. The van der Waals surface area contributed by atoms with Crippen LogP contribution in [0.4, 0.5) is 5.69 Å². The van der Waals surface area contributed by atoms with Gasteiger partial charge in [0.1, 0.15) is 0 Å². The van der Waals surface area contributed by atoms with Crippen LogP contribution >= 0.6 is 35.6 Å². The number of benzene rings is 1. The molecule has 0 amide bonds. The first-order valence-corrected chi connectivity index (χ1v) is 4.78. The first-order chi connectivity index (χ1) is 6.77. The molecule has 0 saturated carbocycles. The van der Waals surface area contributed by atoms with Crippen molar-refractivity contribution in [3.63, 3.8) is 0 Å². The molecule has 0 bridgehead atoms. The van der Waals surface area contributed by atoms with Gasteiger partial charge < -0.3 is 5.32 Å². The van der Waals surface area contributed by atoms with Gasteiger partial charge >= 0.3 is 0 Å². The average Bonchev–Trinajstić information content (AvgIpc) is 2.64. The Bertz CT molecular complexity index is 371. The van der Waals surface area contributed by atoms with Crippen molar-refractivity contribution in [3.05, 3.63) is 28.2 Å². The summed E-state index contributed by atoms with van der Waals surface area (Å²) in [4.78, 5) is 8.08. The quantitative estimate of drug-likeness (QED) is 0.874. The lowest BCUT2D eigenvalue weighted by Gasteiger charge is -2.11. The molecule has 1 aliphatic heterocycles. The predicted molar refractivity (Wildman–Crippen MR) is 68.1 cm³/mol. The van der Waals surface area contributed by atoms with Crippen LogP contribution in [0.1, 0.15) is 0 Å². The highest BCUT2D eigenvalue weighted by molar-refractivity contribution is 6.39. The summed E-state index contributed by atoms with van der Waals surface area (Å²) in [5.74, 6) is 0. The Morgan fingerprint density at radius 2 is 1.60 bits per heavy atom. The molecular formula is C9H8Cl3N3. The largest absolute Gasteiger partial charge is 0.343 e. The summed E-state index contributed by atoms with van der Waals surface area (Å²) in [5, 5.41) is 4.15. The molecule has 0 aromatic heterocycles. The highest BCUT2D eigenvalue weighted by atomic mass is 35.5. The molecule has 1 heterocycles. The van der Waals surface area contributed by atoms with E-state index in [-0.39, 0.29) is 18.7 Å². The Morgan fingerprint density at radius 3 is 2.13 bits per heavy atom. The maximum absolute atomic E-state index is 5.96. The van der Waals surface area contributed by atoms with Gasteiger partial charge in [-0.3, -0.25) is 0 Å². The molecule has 0 fully saturated rings. The molecule has 0 atom stereocenters. The van der Waals surface area contributed by atoms with E-state index in [0.29, 0.717) is 15.7 Å². The number of hydrogen-bond donors (Lipinski definition) is 1. The van der Waals surface area contributed by atoms with Crippen molar-refractivity contribution in [2.24, 2.45) is 9.98 Å². The highest BCUT2D eigenvalue weighted by Gasteiger charge is 2.10. The topological polar surface area (TPSA) is 36.8 Å². The number of anilines is 1. The van der Waals surface area contributed by atoms with Gasteiger partial charge in [0.05, 0.1) is 15.7 Å². The van der Waals surface area contributed by atoms with Crippen LogP contribution in [0.15, 0.2) is 28.2 Å². The molecule has 1 aromatic carbocycles. The van der Waals surface area contributed by atoms with Crippen molar-refractivity contribution < 1.29 is 0 Å². The molecule has 1 N–H and O–H groups in total. The molecule has 1 aliphatic rings. The van der Waals surface area contributed by atoms with Gasteiger partial charge in [0.25, 0.3) is 0 Å². The number of nitrogens with zero attached hydrogens (tertiary/aromatic N) is 2. The standard InChI is InChI=1S/C9H7Cl2N3.ClH/c10-6-2-1-3-7(11)8(6)14-9-12-4-5-13-9;/h1-5,9,14H;1H. The van der Waals surface area contributed by atoms with E-state index in [1.807, 2.05) is 0 Å². The maximum atomic E-state index is 5.96. The molecule has 0 radical (unpaired) electrons. The van der Waals surface area contributed by atoms with Gasteiger partial charge in [0, 0.05) is 12.4 Å². The van der Waals surface area contributed by atoms with E-state index in [1.165, 1.54) is 0 Å². The van der Waals surface area contributed by atoms with Crippen LogP contribution in [0.2, 0.25) is 10.0 Å². The minimum absolute atomic E-state index is 0. The third-order valence-electron chi connectivity index (χ3n) is 1.76.